The molecular weight excluding hydrogens is 366 g/mol. The number of rotatable bonds is 12. The maximum absolute atomic E-state index is 12.1. The maximum Gasteiger partial charge on any atom is 0.224 e. The van der Waals surface area contributed by atoms with Crippen molar-refractivity contribution in [1.82, 2.24) is 5.32 Å². The molecule has 0 saturated heterocycles. The molecule has 7 heteroatoms. The van der Waals surface area contributed by atoms with Gasteiger partial charge in [0.05, 0.1) is 12.5 Å². The molecule has 0 aliphatic carbocycles. The van der Waals surface area contributed by atoms with E-state index in [2.05, 4.69) is 10.3 Å². The van der Waals surface area contributed by atoms with Gasteiger partial charge in [0, 0.05) is 13.1 Å². The molecule has 7 nitrogen and oxygen atoms in total. The summed E-state index contributed by atoms with van der Waals surface area (Å²) in [5.41, 5.74) is 18.4. The van der Waals surface area contributed by atoms with Crippen LogP contribution in [0.2, 0.25) is 0 Å². The van der Waals surface area contributed by atoms with Gasteiger partial charge in [-0.2, -0.15) is 0 Å². The molecule has 7 N–H and O–H groups in total. The Morgan fingerprint density at radius 2 is 1.72 bits per heavy atom. The summed E-state index contributed by atoms with van der Waals surface area (Å²) in [6.07, 6.45) is 2.90. The summed E-state index contributed by atoms with van der Waals surface area (Å²) in [6, 6.07) is 17.6. The normalized spacial score (nSPS) is 11.5. The van der Waals surface area contributed by atoms with E-state index in [1.54, 1.807) is 0 Å². The third-order valence-corrected chi connectivity index (χ3v) is 4.43. The van der Waals surface area contributed by atoms with Gasteiger partial charge in [-0.05, 0) is 42.5 Å². The first kappa shape index (κ1) is 22.2. The molecule has 0 saturated carbocycles. The molecule has 1 amide bonds. The summed E-state index contributed by atoms with van der Waals surface area (Å²) in [6.45, 7) is 1.56. The smallest absolute Gasteiger partial charge is 0.224 e. The Morgan fingerprint density at radius 1 is 1.00 bits per heavy atom. The summed E-state index contributed by atoms with van der Waals surface area (Å²) >= 11 is 0. The first-order valence-corrected chi connectivity index (χ1v) is 9.88. The van der Waals surface area contributed by atoms with Crippen molar-refractivity contribution in [3.05, 3.63) is 65.7 Å². The molecule has 2 rings (SSSR count). The molecule has 0 spiro atoms. The number of hydrogen-bond acceptors (Lipinski definition) is 4. The first-order valence-electron chi connectivity index (χ1n) is 9.88. The van der Waals surface area contributed by atoms with Crippen LogP contribution < -0.4 is 27.3 Å². The van der Waals surface area contributed by atoms with Crippen LogP contribution in [-0.2, 0) is 17.8 Å². The van der Waals surface area contributed by atoms with Crippen LogP contribution in [0.15, 0.2) is 59.6 Å². The number of carbonyl (C=O) groups is 1. The van der Waals surface area contributed by atoms with Gasteiger partial charge >= 0.3 is 0 Å². The van der Waals surface area contributed by atoms with E-state index in [0.29, 0.717) is 26.1 Å². The van der Waals surface area contributed by atoms with Crippen LogP contribution in [0.5, 0.6) is 5.75 Å². The minimum absolute atomic E-state index is 0.00236. The predicted molar refractivity (Wildman–Crippen MR) is 116 cm³/mol. The number of ether oxygens (including phenoxy) is 1. The lowest BCUT2D eigenvalue weighted by molar-refractivity contribution is -0.120. The number of nitrogens with two attached hydrogens (primary N) is 3. The van der Waals surface area contributed by atoms with Gasteiger partial charge in [0.15, 0.2) is 5.96 Å². The highest BCUT2D eigenvalue weighted by molar-refractivity contribution is 5.78. The van der Waals surface area contributed by atoms with Gasteiger partial charge < -0.3 is 27.3 Å². The van der Waals surface area contributed by atoms with Crippen LogP contribution in [0.3, 0.4) is 0 Å². The quantitative estimate of drug-likeness (QED) is 0.246. The van der Waals surface area contributed by atoms with Gasteiger partial charge in [-0.3, -0.25) is 4.79 Å². The van der Waals surface area contributed by atoms with E-state index in [0.717, 1.165) is 36.1 Å². The van der Waals surface area contributed by atoms with Crippen LogP contribution >= 0.6 is 0 Å². The molecule has 0 fully saturated rings. The average molecular weight is 398 g/mol. The highest BCUT2D eigenvalue weighted by Gasteiger charge is 2.06. The van der Waals surface area contributed by atoms with Crippen LogP contribution in [-0.4, -0.2) is 31.0 Å². The van der Waals surface area contributed by atoms with Crippen LogP contribution in [0, 0.1) is 0 Å². The fourth-order valence-corrected chi connectivity index (χ4v) is 2.87. The van der Waals surface area contributed by atoms with Crippen LogP contribution in [0.1, 0.15) is 30.4 Å². The molecule has 0 radical (unpaired) electrons. The van der Waals surface area contributed by atoms with Gasteiger partial charge in [0.1, 0.15) is 12.4 Å². The third-order valence-electron chi connectivity index (χ3n) is 4.43. The summed E-state index contributed by atoms with van der Waals surface area (Å²) in [5.74, 6) is 0.848. The SMILES string of the molecule is NC[C@H](CCCCNC(=O)Cc1ccc(OCc2ccccc2)cc1)N=C(N)N. The highest BCUT2D eigenvalue weighted by Crippen LogP contribution is 2.14. The number of hydrogen-bond donors (Lipinski definition) is 4. The predicted octanol–water partition coefficient (Wildman–Crippen LogP) is 1.70. The second-order valence-electron chi connectivity index (χ2n) is 6.88. The zero-order valence-corrected chi connectivity index (χ0v) is 16.7. The standard InChI is InChI=1S/C22H31N5O2/c23-15-19(27-22(24)25)8-4-5-13-26-21(28)14-17-9-11-20(12-10-17)29-16-18-6-2-1-3-7-18/h1-3,6-7,9-12,19H,4-5,8,13-16,23H2,(H,26,28)(H4,24,25,27)/t19-/m0/s1. The largest absolute Gasteiger partial charge is 0.489 e. The third kappa shape index (κ3) is 9.12. The average Bonchev–Trinajstić information content (AvgIpc) is 2.72. The number of amides is 1. The second kappa shape index (κ2) is 12.4. The fourth-order valence-electron chi connectivity index (χ4n) is 2.87. The zero-order chi connectivity index (χ0) is 20.9. The Kier molecular flexibility index (Phi) is 9.51. The van der Waals surface area contributed by atoms with Crippen molar-refractivity contribution in [2.24, 2.45) is 22.2 Å². The lowest BCUT2D eigenvalue weighted by Gasteiger charge is -2.10. The molecular formula is C22H31N5O2. The molecule has 2 aromatic rings. The number of aliphatic imine (C=N–C) groups is 1. The number of carbonyl (C=O) groups excluding carboxylic acids is 1. The van der Waals surface area contributed by atoms with E-state index in [4.69, 9.17) is 21.9 Å². The van der Waals surface area contributed by atoms with E-state index < -0.39 is 0 Å². The van der Waals surface area contributed by atoms with Crippen LogP contribution in [0.4, 0.5) is 0 Å². The Labute approximate surface area is 172 Å². The van der Waals surface area contributed by atoms with Crippen molar-refractivity contribution < 1.29 is 9.53 Å². The minimum atomic E-state index is -0.0571. The molecule has 0 heterocycles. The van der Waals surface area contributed by atoms with E-state index in [9.17, 15) is 4.79 Å². The monoisotopic (exact) mass is 397 g/mol. The molecule has 29 heavy (non-hydrogen) atoms. The Morgan fingerprint density at radius 3 is 2.38 bits per heavy atom. The number of benzene rings is 2. The number of nitrogens with zero attached hydrogens (tertiary/aromatic N) is 1. The lowest BCUT2D eigenvalue weighted by atomic mass is 10.1. The first-order chi connectivity index (χ1) is 14.1. The molecule has 2 aromatic carbocycles. The van der Waals surface area contributed by atoms with E-state index in [-0.39, 0.29) is 17.9 Å². The number of nitrogens with one attached hydrogen (secondary N) is 1. The van der Waals surface area contributed by atoms with Crippen molar-refractivity contribution in [1.29, 1.82) is 0 Å². The zero-order valence-electron chi connectivity index (χ0n) is 16.7. The van der Waals surface area contributed by atoms with Crippen molar-refractivity contribution in [3.63, 3.8) is 0 Å². The Bertz CT molecular complexity index is 759. The Balaban J connectivity index is 1.64. The van der Waals surface area contributed by atoms with Gasteiger partial charge in [-0.25, -0.2) is 4.99 Å². The summed E-state index contributed by atoms with van der Waals surface area (Å²) in [7, 11) is 0. The van der Waals surface area contributed by atoms with Gasteiger partial charge in [-0.15, -0.1) is 0 Å². The summed E-state index contributed by atoms with van der Waals surface area (Å²) in [4.78, 5) is 16.2. The minimum Gasteiger partial charge on any atom is -0.489 e. The topological polar surface area (TPSA) is 129 Å². The molecule has 1 atom stereocenters. The Hall–Kier alpha value is -3.06. The number of guanidine groups is 1. The molecule has 156 valence electrons. The van der Waals surface area contributed by atoms with Crippen molar-refractivity contribution in [2.45, 2.75) is 38.3 Å². The molecule has 0 bridgehead atoms. The van der Waals surface area contributed by atoms with E-state index >= 15 is 0 Å². The van der Waals surface area contributed by atoms with Gasteiger partial charge in [0.25, 0.3) is 0 Å². The van der Waals surface area contributed by atoms with Crippen LogP contribution in [0.25, 0.3) is 0 Å². The molecule has 0 aliphatic rings. The summed E-state index contributed by atoms with van der Waals surface area (Å²) < 4.78 is 5.76. The maximum atomic E-state index is 12.1. The summed E-state index contributed by atoms with van der Waals surface area (Å²) in [5, 5.41) is 2.94. The van der Waals surface area contributed by atoms with Crippen molar-refractivity contribution in [2.75, 3.05) is 13.1 Å². The molecule has 0 aliphatic heterocycles. The highest BCUT2D eigenvalue weighted by atomic mass is 16.5. The molecule has 0 aromatic heterocycles. The molecule has 0 unspecified atom stereocenters. The van der Waals surface area contributed by atoms with E-state index in [1.807, 2.05) is 54.6 Å². The fraction of sp³-hybridized carbons (Fsp3) is 0.364. The second-order valence-corrected chi connectivity index (χ2v) is 6.88. The van der Waals surface area contributed by atoms with E-state index in [1.165, 1.54) is 0 Å². The van der Waals surface area contributed by atoms with Gasteiger partial charge in [-0.1, -0.05) is 42.5 Å². The van der Waals surface area contributed by atoms with Crippen molar-refractivity contribution >= 4 is 11.9 Å². The number of unbranched alkanes of at least 4 members (excludes halogenated alkanes) is 1. The van der Waals surface area contributed by atoms with Gasteiger partial charge in [0.2, 0.25) is 5.91 Å². The van der Waals surface area contributed by atoms with Crippen molar-refractivity contribution in [3.8, 4) is 5.75 Å². The lowest BCUT2D eigenvalue weighted by Crippen LogP contribution is -2.29.